The van der Waals surface area contributed by atoms with Gasteiger partial charge in [0, 0.05) is 37.9 Å². The number of rotatable bonds is 4. The quantitative estimate of drug-likeness (QED) is 0.624. The maximum atomic E-state index is 12.7. The molecule has 1 saturated heterocycles. The first-order valence-corrected chi connectivity index (χ1v) is 12.9. The van der Waals surface area contributed by atoms with Gasteiger partial charge in [0.15, 0.2) is 0 Å². The summed E-state index contributed by atoms with van der Waals surface area (Å²) in [7, 11) is 0. The minimum absolute atomic E-state index is 0.0121. The highest BCUT2D eigenvalue weighted by atomic mass is 16.5. The van der Waals surface area contributed by atoms with E-state index in [9.17, 15) is 9.59 Å². The van der Waals surface area contributed by atoms with Gasteiger partial charge in [-0.15, -0.1) is 0 Å². The van der Waals surface area contributed by atoms with E-state index in [-0.39, 0.29) is 17.5 Å². The molecule has 0 aromatic heterocycles. The van der Waals surface area contributed by atoms with E-state index in [1.165, 1.54) is 32.1 Å². The Morgan fingerprint density at radius 1 is 1.03 bits per heavy atom. The summed E-state index contributed by atoms with van der Waals surface area (Å²) in [6.45, 7) is 9.09. The van der Waals surface area contributed by atoms with Crippen molar-refractivity contribution in [2.45, 2.75) is 84.2 Å². The van der Waals surface area contributed by atoms with Gasteiger partial charge in [-0.3, -0.25) is 14.5 Å². The molecular weight excluding hydrogens is 390 g/mol. The number of ketones is 1. The summed E-state index contributed by atoms with van der Waals surface area (Å²) in [6, 6.07) is 0. The lowest BCUT2D eigenvalue weighted by Gasteiger charge is -2.60. The molecule has 31 heavy (non-hydrogen) atoms. The van der Waals surface area contributed by atoms with Crippen molar-refractivity contribution in [1.82, 2.24) is 4.90 Å². The first-order valence-electron chi connectivity index (χ1n) is 12.9. The van der Waals surface area contributed by atoms with Crippen molar-refractivity contribution >= 4 is 11.8 Å². The maximum Gasteiger partial charge on any atom is 0.307 e. The molecule has 0 amide bonds. The Bertz CT molecular complexity index is 704. The molecule has 5 fully saturated rings. The van der Waals surface area contributed by atoms with Gasteiger partial charge in [-0.05, 0) is 74.0 Å². The van der Waals surface area contributed by atoms with Crippen LogP contribution in [-0.2, 0) is 19.1 Å². The topological polar surface area (TPSA) is 55.8 Å². The number of ether oxygens (including phenoxy) is 2. The molecule has 0 radical (unpaired) electrons. The smallest absolute Gasteiger partial charge is 0.307 e. The van der Waals surface area contributed by atoms with Gasteiger partial charge in [-0.1, -0.05) is 13.8 Å². The number of nitrogens with zero attached hydrogens (tertiary/aromatic N) is 1. The summed E-state index contributed by atoms with van der Waals surface area (Å²) in [5.74, 6) is 3.28. The maximum absolute atomic E-state index is 12.7. The van der Waals surface area contributed by atoms with E-state index in [2.05, 4.69) is 18.7 Å². The molecule has 0 unspecified atom stereocenters. The Balaban J connectivity index is 1.22. The molecule has 5 heteroatoms. The molecule has 174 valence electrons. The number of morpholine rings is 1. The predicted molar refractivity (Wildman–Crippen MR) is 118 cm³/mol. The molecular formula is C26H41NO4. The summed E-state index contributed by atoms with van der Waals surface area (Å²) in [6.07, 6.45) is 10.5. The SMILES string of the molecule is C[C@]12CCC(=O)C[C@@H]1CC[C@@H]1[C@@H]2CC[C@]2(C)[C@@H](OC(=O)CCN3CCOCC3)CC[C@@H]12. The van der Waals surface area contributed by atoms with Crippen LogP contribution in [0.4, 0.5) is 0 Å². The zero-order valence-electron chi connectivity index (χ0n) is 19.6. The van der Waals surface area contributed by atoms with E-state index < -0.39 is 0 Å². The van der Waals surface area contributed by atoms with Crippen LogP contribution in [0.5, 0.6) is 0 Å². The van der Waals surface area contributed by atoms with Crippen molar-refractivity contribution in [3.8, 4) is 0 Å². The minimum Gasteiger partial charge on any atom is -0.462 e. The van der Waals surface area contributed by atoms with E-state index in [1.807, 2.05) is 0 Å². The Morgan fingerprint density at radius 3 is 2.61 bits per heavy atom. The molecule has 1 heterocycles. The monoisotopic (exact) mass is 431 g/mol. The van der Waals surface area contributed by atoms with Crippen LogP contribution in [0.15, 0.2) is 0 Å². The van der Waals surface area contributed by atoms with Gasteiger partial charge >= 0.3 is 5.97 Å². The van der Waals surface area contributed by atoms with Crippen molar-refractivity contribution in [2.75, 3.05) is 32.8 Å². The summed E-state index contributed by atoms with van der Waals surface area (Å²) in [5, 5.41) is 0. The average molecular weight is 432 g/mol. The third-order valence-corrected chi connectivity index (χ3v) is 10.4. The second-order valence-corrected chi connectivity index (χ2v) is 11.7. The van der Waals surface area contributed by atoms with Gasteiger partial charge in [-0.2, -0.15) is 0 Å². The zero-order chi connectivity index (χ0) is 21.6. The Hall–Kier alpha value is -0.940. The highest BCUT2D eigenvalue weighted by Crippen LogP contribution is 2.66. The number of hydrogen-bond acceptors (Lipinski definition) is 5. The molecule has 0 spiro atoms. The molecule has 0 N–H and O–H groups in total. The fraction of sp³-hybridized carbons (Fsp3) is 0.923. The van der Waals surface area contributed by atoms with Crippen LogP contribution in [-0.4, -0.2) is 55.6 Å². The lowest BCUT2D eigenvalue weighted by molar-refractivity contribution is -0.164. The standard InChI is InChI=1S/C26H41NO4/c1-25-10-7-19(28)17-18(25)3-4-20-21-5-6-23(26(21,2)11-8-22(20)25)31-24(29)9-12-27-13-15-30-16-14-27/h18,20-23H,3-17H2,1-2H3/t18-,20-,21-,22-,23-,25-,26-/m0/s1. The predicted octanol–water partition coefficient (Wildman–Crippen LogP) is 4.23. The minimum atomic E-state index is -0.0121. The molecule has 1 aliphatic heterocycles. The molecule has 4 aliphatic carbocycles. The highest BCUT2D eigenvalue weighted by Gasteiger charge is 2.61. The van der Waals surface area contributed by atoms with Gasteiger partial charge in [0.1, 0.15) is 11.9 Å². The number of fused-ring (bicyclic) bond motifs is 5. The van der Waals surface area contributed by atoms with Crippen LogP contribution in [0.2, 0.25) is 0 Å². The number of carbonyl (C=O) groups excluding carboxylic acids is 2. The second kappa shape index (κ2) is 8.44. The van der Waals surface area contributed by atoms with Gasteiger partial charge in [0.2, 0.25) is 0 Å². The lowest BCUT2D eigenvalue weighted by atomic mass is 9.45. The van der Waals surface area contributed by atoms with Gasteiger partial charge < -0.3 is 9.47 Å². The molecule has 5 aliphatic rings. The molecule has 5 rings (SSSR count). The Morgan fingerprint density at radius 2 is 1.81 bits per heavy atom. The summed E-state index contributed by atoms with van der Waals surface area (Å²) in [5.41, 5.74) is 0.495. The average Bonchev–Trinajstić information content (AvgIpc) is 3.10. The normalized spacial score (nSPS) is 45.5. The molecule has 7 atom stereocenters. The Labute approximate surface area is 187 Å². The summed E-state index contributed by atoms with van der Waals surface area (Å²) in [4.78, 5) is 27.1. The number of esters is 1. The van der Waals surface area contributed by atoms with E-state index in [0.29, 0.717) is 29.5 Å². The molecule has 0 bridgehead atoms. The van der Waals surface area contributed by atoms with Gasteiger partial charge in [0.25, 0.3) is 0 Å². The fourth-order valence-electron chi connectivity index (χ4n) is 8.48. The van der Waals surface area contributed by atoms with E-state index >= 15 is 0 Å². The van der Waals surface area contributed by atoms with Crippen LogP contribution < -0.4 is 0 Å². The zero-order valence-corrected chi connectivity index (χ0v) is 19.6. The van der Waals surface area contributed by atoms with Crippen molar-refractivity contribution < 1.29 is 19.1 Å². The van der Waals surface area contributed by atoms with Gasteiger partial charge in [-0.25, -0.2) is 0 Å². The van der Waals surface area contributed by atoms with Crippen LogP contribution in [0, 0.1) is 34.5 Å². The van der Waals surface area contributed by atoms with Crippen molar-refractivity contribution in [3.05, 3.63) is 0 Å². The van der Waals surface area contributed by atoms with E-state index in [4.69, 9.17) is 9.47 Å². The van der Waals surface area contributed by atoms with Crippen LogP contribution in [0.3, 0.4) is 0 Å². The highest BCUT2D eigenvalue weighted by molar-refractivity contribution is 5.79. The van der Waals surface area contributed by atoms with Crippen LogP contribution in [0.25, 0.3) is 0 Å². The van der Waals surface area contributed by atoms with Crippen molar-refractivity contribution in [3.63, 3.8) is 0 Å². The summed E-state index contributed by atoms with van der Waals surface area (Å²) >= 11 is 0. The number of Topliss-reactive ketones (excluding diaryl/α,β-unsaturated/α-hetero) is 1. The van der Waals surface area contributed by atoms with Gasteiger partial charge in [0.05, 0.1) is 19.6 Å². The van der Waals surface area contributed by atoms with Crippen LogP contribution >= 0.6 is 0 Å². The third kappa shape index (κ3) is 3.88. The third-order valence-electron chi connectivity index (χ3n) is 10.4. The van der Waals surface area contributed by atoms with E-state index in [0.717, 1.165) is 70.4 Å². The molecule has 4 saturated carbocycles. The first-order chi connectivity index (χ1) is 14.9. The number of hydrogen-bond donors (Lipinski definition) is 0. The first kappa shape index (κ1) is 21.9. The van der Waals surface area contributed by atoms with Crippen molar-refractivity contribution in [1.29, 1.82) is 0 Å². The Kier molecular flexibility index (Phi) is 5.96. The lowest BCUT2D eigenvalue weighted by Crippen LogP contribution is -2.54. The fourth-order valence-corrected chi connectivity index (χ4v) is 8.48. The number of carbonyl (C=O) groups is 2. The molecule has 0 aromatic carbocycles. The second-order valence-electron chi connectivity index (χ2n) is 11.7. The summed E-state index contributed by atoms with van der Waals surface area (Å²) < 4.78 is 11.6. The van der Waals surface area contributed by atoms with Crippen molar-refractivity contribution in [2.24, 2.45) is 34.5 Å². The molecule has 5 nitrogen and oxygen atoms in total. The largest absolute Gasteiger partial charge is 0.462 e. The van der Waals surface area contributed by atoms with E-state index in [1.54, 1.807) is 0 Å². The molecule has 0 aromatic rings. The van der Waals surface area contributed by atoms with Crippen LogP contribution in [0.1, 0.15) is 78.1 Å².